The van der Waals surface area contributed by atoms with Crippen LogP contribution in [0, 0.1) is 0 Å². The molecule has 118 valence electrons. The normalized spacial score (nSPS) is 18.6. The van der Waals surface area contributed by atoms with E-state index in [0.29, 0.717) is 38.5 Å². The zero-order chi connectivity index (χ0) is 15.4. The Morgan fingerprint density at radius 2 is 2.45 bits per heavy atom. The summed E-state index contributed by atoms with van der Waals surface area (Å²) in [5, 5.41) is 7.07. The lowest BCUT2D eigenvalue weighted by atomic mass is 10.2. The van der Waals surface area contributed by atoms with E-state index in [0.717, 1.165) is 12.2 Å². The van der Waals surface area contributed by atoms with Crippen molar-refractivity contribution in [3.05, 3.63) is 30.4 Å². The maximum absolute atomic E-state index is 12.3. The first-order valence-corrected chi connectivity index (χ1v) is 7.52. The number of carbonyl (C=O) groups is 1. The molecule has 1 saturated heterocycles. The van der Waals surface area contributed by atoms with Crippen LogP contribution in [-0.2, 0) is 22.5 Å². The SMILES string of the molecule is CCc1nc([C@@H]2CN(C(=O)CCn3ccnc3)CCO2)n[nH]1. The van der Waals surface area contributed by atoms with Gasteiger partial charge in [0.25, 0.3) is 0 Å². The van der Waals surface area contributed by atoms with Gasteiger partial charge in [-0.15, -0.1) is 0 Å². The van der Waals surface area contributed by atoms with Gasteiger partial charge in [-0.2, -0.15) is 5.10 Å². The Morgan fingerprint density at radius 3 is 3.18 bits per heavy atom. The van der Waals surface area contributed by atoms with Gasteiger partial charge in [-0.3, -0.25) is 9.89 Å². The van der Waals surface area contributed by atoms with Crippen molar-refractivity contribution in [3.8, 4) is 0 Å². The van der Waals surface area contributed by atoms with Crippen molar-refractivity contribution in [2.24, 2.45) is 0 Å². The number of ether oxygens (including phenoxy) is 1. The van der Waals surface area contributed by atoms with Crippen LogP contribution in [0.15, 0.2) is 18.7 Å². The molecule has 0 bridgehead atoms. The van der Waals surface area contributed by atoms with Gasteiger partial charge in [0, 0.05) is 38.3 Å². The van der Waals surface area contributed by atoms with Crippen molar-refractivity contribution in [1.29, 1.82) is 0 Å². The Balaban J connectivity index is 1.56. The van der Waals surface area contributed by atoms with Crippen LogP contribution >= 0.6 is 0 Å². The topological polar surface area (TPSA) is 88.9 Å². The Bertz CT molecular complexity index is 609. The fourth-order valence-corrected chi connectivity index (χ4v) is 2.45. The molecule has 0 aromatic carbocycles. The highest BCUT2D eigenvalue weighted by Crippen LogP contribution is 2.19. The van der Waals surface area contributed by atoms with Gasteiger partial charge in [0.1, 0.15) is 11.9 Å². The fraction of sp³-hybridized carbons (Fsp3) is 0.571. The molecule has 1 amide bonds. The summed E-state index contributed by atoms with van der Waals surface area (Å²) in [4.78, 5) is 22.5. The molecule has 1 aliphatic rings. The first-order valence-electron chi connectivity index (χ1n) is 7.52. The second kappa shape index (κ2) is 6.69. The maximum atomic E-state index is 12.3. The molecule has 0 spiro atoms. The van der Waals surface area contributed by atoms with Crippen molar-refractivity contribution in [2.45, 2.75) is 32.4 Å². The number of aromatic amines is 1. The Hall–Kier alpha value is -2.22. The van der Waals surface area contributed by atoms with Crippen LogP contribution in [0.4, 0.5) is 0 Å². The Morgan fingerprint density at radius 1 is 1.55 bits per heavy atom. The standard InChI is InChI=1S/C14H20N6O2/c1-2-12-16-14(18-17-12)11-9-20(7-8-22-11)13(21)3-5-19-6-4-15-10-19/h4,6,10-11H,2-3,5,7-9H2,1H3,(H,16,17,18)/t11-/m0/s1. The monoisotopic (exact) mass is 304 g/mol. The van der Waals surface area contributed by atoms with Gasteiger partial charge in [-0.05, 0) is 0 Å². The Labute approximate surface area is 128 Å². The maximum Gasteiger partial charge on any atom is 0.224 e. The largest absolute Gasteiger partial charge is 0.366 e. The summed E-state index contributed by atoms with van der Waals surface area (Å²) in [6.07, 6.45) is 6.29. The summed E-state index contributed by atoms with van der Waals surface area (Å²) < 4.78 is 7.60. The molecule has 8 nitrogen and oxygen atoms in total. The fourth-order valence-electron chi connectivity index (χ4n) is 2.45. The molecule has 0 aliphatic carbocycles. The number of H-pyrrole nitrogens is 1. The number of rotatable bonds is 5. The van der Waals surface area contributed by atoms with E-state index < -0.39 is 0 Å². The van der Waals surface area contributed by atoms with E-state index in [1.54, 1.807) is 12.5 Å². The smallest absolute Gasteiger partial charge is 0.224 e. The number of carbonyl (C=O) groups excluding carboxylic acids is 1. The number of aryl methyl sites for hydroxylation is 2. The van der Waals surface area contributed by atoms with Crippen LogP contribution in [0.2, 0.25) is 0 Å². The predicted octanol–water partition coefficient (Wildman–Crippen LogP) is 0.554. The van der Waals surface area contributed by atoms with Crippen molar-refractivity contribution in [2.75, 3.05) is 19.7 Å². The van der Waals surface area contributed by atoms with Crippen molar-refractivity contribution in [3.63, 3.8) is 0 Å². The first kappa shape index (κ1) is 14.7. The van der Waals surface area contributed by atoms with Crippen LogP contribution < -0.4 is 0 Å². The number of morpholine rings is 1. The lowest BCUT2D eigenvalue weighted by Gasteiger charge is -2.31. The molecule has 0 radical (unpaired) electrons. The molecule has 1 N–H and O–H groups in total. The van der Waals surface area contributed by atoms with Gasteiger partial charge < -0.3 is 14.2 Å². The molecule has 2 aromatic heterocycles. The minimum absolute atomic E-state index is 0.119. The van der Waals surface area contributed by atoms with Crippen LogP contribution in [0.5, 0.6) is 0 Å². The summed E-state index contributed by atoms with van der Waals surface area (Å²) in [7, 11) is 0. The van der Waals surface area contributed by atoms with Crippen LogP contribution in [-0.4, -0.2) is 55.2 Å². The van der Waals surface area contributed by atoms with Gasteiger partial charge in [-0.1, -0.05) is 6.92 Å². The second-order valence-electron chi connectivity index (χ2n) is 5.24. The summed E-state index contributed by atoms with van der Waals surface area (Å²) in [5.74, 6) is 1.58. The molecule has 1 atom stereocenters. The molecule has 8 heteroatoms. The summed E-state index contributed by atoms with van der Waals surface area (Å²) in [6.45, 7) is 4.28. The molecule has 1 aliphatic heterocycles. The number of imidazole rings is 1. The Kier molecular flexibility index (Phi) is 4.47. The highest BCUT2D eigenvalue weighted by Gasteiger charge is 2.27. The average molecular weight is 304 g/mol. The number of nitrogens with zero attached hydrogens (tertiary/aromatic N) is 5. The highest BCUT2D eigenvalue weighted by atomic mass is 16.5. The van der Waals surface area contributed by atoms with Crippen molar-refractivity contribution in [1.82, 2.24) is 29.6 Å². The predicted molar refractivity (Wildman–Crippen MR) is 77.9 cm³/mol. The van der Waals surface area contributed by atoms with Gasteiger partial charge in [0.05, 0.1) is 19.5 Å². The highest BCUT2D eigenvalue weighted by molar-refractivity contribution is 5.76. The molecular weight excluding hydrogens is 284 g/mol. The van der Waals surface area contributed by atoms with Gasteiger partial charge in [0.2, 0.25) is 5.91 Å². The van der Waals surface area contributed by atoms with Crippen LogP contribution in [0.3, 0.4) is 0 Å². The molecular formula is C14H20N6O2. The molecule has 0 unspecified atom stereocenters. The number of hydrogen-bond donors (Lipinski definition) is 1. The van der Waals surface area contributed by atoms with E-state index in [4.69, 9.17) is 4.74 Å². The number of nitrogens with one attached hydrogen (secondary N) is 1. The number of aromatic nitrogens is 5. The third-order valence-electron chi connectivity index (χ3n) is 3.73. The van der Waals surface area contributed by atoms with E-state index >= 15 is 0 Å². The lowest BCUT2D eigenvalue weighted by Crippen LogP contribution is -2.42. The zero-order valence-electron chi connectivity index (χ0n) is 12.6. The van der Waals surface area contributed by atoms with Gasteiger partial charge in [-0.25, -0.2) is 9.97 Å². The third-order valence-corrected chi connectivity index (χ3v) is 3.73. The van der Waals surface area contributed by atoms with E-state index in [1.807, 2.05) is 22.6 Å². The summed E-state index contributed by atoms with van der Waals surface area (Å²) in [6, 6.07) is 0. The number of amides is 1. The summed E-state index contributed by atoms with van der Waals surface area (Å²) >= 11 is 0. The zero-order valence-corrected chi connectivity index (χ0v) is 12.6. The summed E-state index contributed by atoms with van der Waals surface area (Å²) in [5.41, 5.74) is 0. The third kappa shape index (κ3) is 3.33. The van der Waals surface area contributed by atoms with Crippen LogP contribution in [0.1, 0.15) is 31.1 Å². The average Bonchev–Trinajstić information content (AvgIpc) is 3.24. The quantitative estimate of drug-likeness (QED) is 0.871. The van der Waals surface area contributed by atoms with Crippen molar-refractivity contribution < 1.29 is 9.53 Å². The van der Waals surface area contributed by atoms with Crippen molar-refractivity contribution >= 4 is 5.91 Å². The molecule has 3 heterocycles. The minimum Gasteiger partial charge on any atom is -0.366 e. The molecule has 22 heavy (non-hydrogen) atoms. The number of hydrogen-bond acceptors (Lipinski definition) is 5. The van der Waals surface area contributed by atoms with E-state index in [1.165, 1.54) is 0 Å². The second-order valence-corrected chi connectivity index (χ2v) is 5.24. The van der Waals surface area contributed by atoms with E-state index in [-0.39, 0.29) is 12.0 Å². The molecule has 0 saturated carbocycles. The van der Waals surface area contributed by atoms with Crippen LogP contribution in [0.25, 0.3) is 0 Å². The minimum atomic E-state index is -0.248. The molecule has 2 aromatic rings. The van der Waals surface area contributed by atoms with Gasteiger partial charge >= 0.3 is 0 Å². The lowest BCUT2D eigenvalue weighted by molar-refractivity contribution is -0.139. The van der Waals surface area contributed by atoms with E-state index in [2.05, 4.69) is 20.2 Å². The first-order chi connectivity index (χ1) is 10.8. The van der Waals surface area contributed by atoms with Gasteiger partial charge in [0.15, 0.2) is 5.82 Å². The molecule has 3 rings (SSSR count). The molecule has 1 fully saturated rings. The van der Waals surface area contributed by atoms with E-state index in [9.17, 15) is 4.79 Å².